The number of aryl methyl sites for hydroxylation is 1. The van der Waals surface area contributed by atoms with Crippen molar-refractivity contribution in [3.05, 3.63) is 30.1 Å². The molecule has 1 heterocycles. The van der Waals surface area contributed by atoms with Crippen molar-refractivity contribution in [2.75, 3.05) is 12.3 Å². The van der Waals surface area contributed by atoms with Gasteiger partial charge in [0, 0.05) is 24.9 Å². The molecule has 1 unspecified atom stereocenters. The Hall–Kier alpha value is -0.980. The number of rotatable bonds is 9. The summed E-state index contributed by atoms with van der Waals surface area (Å²) in [6, 6.07) is 5.43. The van der Waals surface area contributed by atoms with Crippen molar-refractivity contribution in [3.8, 4) is 0 Å². The summed E-state index contributed by atoms with van der Waals surface area (Å²) in [6.07, 6.45) is 3.07. The summed E-state index contributed by atoms with van der Waals surface area (Å²) >= 11 is 0. The molecule has 1 atom stereocenters. The Morgan fingerprint density at radius 1 is 1.30 bits per heavy atom. The van der Waals surface area contributed by atoms with Gasteiger partial charge < -0.3 is 5.11 Å². The lowest BCUT2D eigenvalue weighted by molar-refractivity contribution is 0.107. The second kappa shape index (κ2) is 8.34. The van der Waals surface area contributed by atoms with Crippen LogP contribution < -0.4 is 4.72 Å². The van der Waals surface area contributed by atoms with Crippen LogP contribution in [0.4, 0.5) is 0 Å². The number of sulfonamides is 1. The third kappa shape index (κ3) is 5.98. The summed E-state index contributed by atoms with van der Waals surface area (Å²) in [6.45, 7) is 4.07. The first kappa shape index (κ1) is 17.1. The molecule has 5 nitrogen and oxygen atoms in total. The molecule has 0 saturated heterocycles. The van der Waals surface area contributed by atoms with Crippen molar-refractivity contribution >= 4 is 10.0 Å². The molecule has 0 spiro atoms. The summed E-state index contributed by atoms with van der Waals surface area (Å²) in [5.41, 5.74) is 0.749. The molecule has 0 aliphatic rings. The summed E-state index contributed by atoms with van der Waals surface area (Å²) < 4.78 is 26.2. The quantitative estimate of drug-likeness (QED) is 0.721. The summed E-state index contributed by atoms with van der Waals surface area (Å²) in [7, 11) is -3.37. The van der Waals surface area contributed by atoms with Crippen LogP contribution in [-0.2, 0) is 16.4 Å². The van der Waals surface area contributed by atoms with E-state index in [1.165, 1.54) is 0 Å². The van der Waals surface area contributed by atoms with Gasteiger partial charge in [-0.05, 0) is 18.1 Å². The van der Waals surface area contributed by atoms with Crippen LogP contribution in [0.3, 0.4) is 0 Å². The molecule has 0 aliphatic heterocycles. The molecule has 114 valence electrons. The third-order valence-corrected chi connectivity index (χ3v) is 4.81. The van der Waals surface area contributed by atoms with Crippen molar-refractivity contribution < 1.29 is 13.5 Å². The van der Waals surface area contributed by atoms with Crippen molar-refractivity contribution in [1.82, 2.24) is 9.71 Å². The van der Waals surface area contributed by atoms with E-state index in [-0.39, 0.29) is 18.2 Å². The van der Waals surface area contributed by atoms with Crippen LogP contribution in [0, 0.1) is 5.92 Å². The molecule has 1 rings (SSSR count). The molecule has 0 aliphatic carbocycles. The average Bonchev–Trinajstić information content (AvgIpc) is 2.46. The Kier molecular flexibility index (Phi) is 7.12. The van der Waals surface area contributed by atoms with E-state index in [9.17, 15) is 13.5 Å². The fourth-order valence-electron chi connectivity index (χ4n) is 2.07. The van der Waals surface area contributed by atoms with Gasteiger partial charge in [0.25, 0.3) is 0 Å². The van der Waals surface area contributed by atoms with Gasteiger partial charge >= 0.3 is 0 Å². The standard InChI is InChI=1S/C14H24N2O3S/c1-3-12(4-2)14(17)11-16-20(18,19)10-8-13-7-5-6-9-15-13/h5-7,9,12,14,16-17H,3-4,8,10-11H2,1-2H3. The fourth-order valence-corrected chi connectivity index (χ4v) is 3.12. The van der Waals surface area contributed by atoms with Crippen LogP contribution in [0.1, 0.15) is 32.4 Å². The number of pyridine rings is 1. The first-order chi connectivity index (χ1) is 9.48. The van der Waals surface area contributed by atoms with E-state index in [1.807, 2.05) is 19.9 Å². The zero-order valence-corrected chi connectivity index (χ0v) is 12.9. The number of hydrogen-bond acceptors (Lipinski definition) is 4. The average molecular weight is 300 g/mol. The van der Waals surface area contributed by atoms with Gasteiger partial charge in [-0.2, -0.15) is 0 Å². The van der Waals surface area contributed by atoms with Gasteiger partial charge in [-0.1, -0.05) is 32.8 Å². The molecule has 6 heteroatoms. The van der Waals surface area contributed by atoms with Crippen LogP contribution in [-0.4, -0.2) is 36.9 Å². The minimum Gasteiger partial charge on any atom is -0.391 e. The highest BCUT2D eigenvalue weighted by Gasteiger charge is 2.18. The Morgan fingerprint density at radius 3 is 2.55 bits per heavy atom. The Balaban J connectivity index is 2.42. The normalized spacial score (nSPS) is 13.6. The molecular formula is C14H24N2O3S. The summed E-state index contributed by atoms with van der Waals surface area (Å²) in [4.78, 5) is 4.09. The molecule has 1 aromatic rings. The summed E-state index contributed by atoms with van der Waals surface area (Å²) in [5.74, 6) is 0.119. The van der Waals surface area contributed by atoms with E-state index >= 15 is 0 Å². The number of nitrogens with one attached hydrogen (secondary N) is 1. The fraction of sp³-hybridized carbons (Fsp3) is 0.643. The molecule has 20 heavy (non-hydrogen) atoms. The highest BCUT2D eigenvalue weighted by molar-refractivity contribution is 7.89. The highest BCUT2D eigenvalue weighted by atomic mass is 32.2. The lowest BCUT2D eigenvalue weighted by atomic mass is 9.97. The number of aliphatic hydroxyl groups is 1. The number of aliphatic hydroxyl groups excluding tert-OH is 1. The van der Waals surface area contributed by atoms with E-state index in [4.69, 9.17) is 0 Å². The van der Waals surface area contributed by atoms with E-state index in [0.29, 0.717) is 6.42 Å². The lowest BCUT2D eigenvalue weighted by Gasteiger charge is -2.20. The number of hydrogen-bond donors (Lipinski definition) is 2. The molecule has 0 bridgehead atoms. The maximum atomic E-state index is 11.9. The van der Waals surface area contributed by atoms with Crippen molar-refractivity contribution in [2.45, 2.75) is 39.2 Å². The van der Waals surface area contributed by atoms with E-state index in [0.717, 1.165) is 18.5 Å². The number of nitrogens with zero attached hydrogens (tertiary/aromatic N) is 1. The third-order valence-electron chi connectivity index (χ3n) is 3.46. The molecule has 0 amide bonds. The van der Waals surface area contributed by atoms with Crippen LogP contribution in [0.15, 0.2) is 24.4 Å². The van der Waals surface area contributed by atoms with E-state index in [2.05, 4.69) is 9.71 Å². The van der Waals surface area contributed by atoms with Gasteiger partial charge in [-0.3, -0.25) is 4.98 Å². The molecule has 0 saturated carbocycles. The van der Waals surface area contributed by atoms with Gasteiger partial charge in [0.1, 0.15) is 0 Å². The second-order valence-corrected chi connectivity index (χ2v) is 6.81. The molecular weight excluding hydrogens is 276 g/mol. The molecule has 0 radical (unpaired) electrons. The van der Waals surface area contributed by atoms with Crippen LogP contribution in [0.5, 0.6) is 0 Å². The smallest absolute Gasteiger partial charge is 0.212 e. The Morgan fingerprint density at radius 2 is 2.00 bits per heavy atom. The second-order valence-electron chi connectivity index (χ2n) is 4.88. The molecule has 2 N–H and O–H groups in total. The SMILES string of the molecule is CCC(CC)C(O)CNS(=O)(=O)CCc1ccccn1. The largest absolute Gasteiger partial charge is 0.391 e. The monoisotopic (exact) mass is 300 g/mol. The topological polar surface area (TPSA) is 79.3 Å². The van der Waals surface area contributed by atoms with E-state index < -0.39 is 16.1 Å². The van der Waals surface area contributed by atoms with Crippen LogP contribution in [0.25, 0.3) is 0 Å². The number of aromatic nitrogens is 1. The lowest BCUT2D eigenvalue weighted by Crippen LogP contribution is -2.37. The first-order valence-electron chi connectivity index (χ1n) is 7.03. The molecule has 0 fully saturated rings. The van der Waals surface area contributed by atoms with Gasteiger partial charge in [-0.25, -0.2) is 13.1 Å². The van der Waals surface area contributed by atoms with Crippen molar-refractivity contribution in [2.24, 2.45) is 5.92 Å². The highest BCUT2D eigenvalue weighted by Crippen LogP contribution is 2.12. The van der Waals surface area contributed by atoms with Crippen molar-refractivity contribution in [3.63, 3.8) is 0 Å². The van der Waals surface area contributed by atoms with Crippen LogP contribution in [0.2, 0.25) is 0 Å². The van der Waals surface area contributed by atoms with Crippen LogP contribution >= 0.6 is 0 Å². The zero-order valence-electron chi connectivity index (χ0n) is 12.1. The minimum atomic E-state index is -3.37. The first-order valence-corrected chi connectivity index (χ1v) is 8.69. The molecule has 1 aromatic heterocycles. The summed E-state index contributed by atoms with van der Waals surface area (Å²) in [5, 5.41) is 9.92. The van der Waals surface area contributed by atoms with Gasteiger partial charge in [0.05, 0.1) is 11.9 Å². The predicted molar refractivity (Wildman–Crippen MR) is 79.8 cm³/mol. The Bertz CT molecular complexity index is 472. The maximum absolute atomic E-state index is 11.9. The van der Waals surface area contributed by atoms with Crippen molar-refractivity contribution in [1.29, 1.82) is 0 Å². The molecule has 0 aromatic carbocycles. The van der Waals surface area contributed by atoms with Gasteiger partial charge in [-0.15, -0.1) is 0 Å². The minimum absolute atomic E-state index is 0.0142. The van der Waals surface area contributed by atoms with Gasteiger partial charge in [0.2, 0.25) is 10.0 Å². The predicted octanol–water partition coefficient (Wildman–Crippen LogP) is 1.34. The Labute approximate surface area is 121 Å². The van der Waals surface area contributed by atoms with Gasteiger partial charge in [0.15, 0.2) is 0 Å². The zero-order chi connectivity index (χ0) is 15.0. The maximum Gasteiger partial charge on any atom is 0.212 e. The van der Waals surface area contributed by atoms with E-state index in [1.54, 1.807) is 18.3 Å².